The molecule has 1 fully saturated rings. The fraction of sp³-hybridized carbons (Fsp3) is 0.533. The van der Waals surface area contributed by atoms with Gasteiger partial charge in [-0.3, -0.25) is 4.79 Å². The molecule has 1 unspecified atom stereocenters. The van der Waals surface area contributed by atoms with E-state index in [1.807, 2.05) is 31.2 Å². The van der Waals surface area contributed by atoms with E-state index in [0.717, 1.165) is 31.2 Å². The Bertz CT molecular complexity index is 438. The van der Waals surface area contributed by atoms with Gasteiger partial charge in [0.25, 0.3) is 0 Å². The quantitative estimate of drug-likeness (QED) is 0.891. The van der Waals surface area contributed by atoms with Crippen LogP contribution in [0.1, 0.15) is 38.2 Å². The molecule has 0 saturated heterocycles. The number of rotatable bonds is 4. The largest absolute Gasteiger partial charge is 0.394 e. The number of aliphatic hydroxyl groups excluding tert-OH is 1. The number of benzene rings is 1. The van der Waals surface area contributed by atoms with Crippen LogP contribution in [0.4, 0.5) is 0 Å². The molecule has 1 aromatic rings. The first kappa shape index (κ1) is 14.4. The van der Waals surface area contributed by atoms with E-state index in [2.05, 4.69) is 5.32 Å². The number of carbonyl (C=O) groups excluding carboxylic acids is 1. The van der Waals surface area contributed by atoms with Crippen molar-refractivity contribution in [1.29, 1.82) is 0 Å². The number of hydrogen-bond acceptors (Lipinski definition) is 2. The molecular weight excluding hydrogens is 262 g/mol. The van der Waals surface area contributed by atoms with Crippen LogP contribution in [0.3, 0.4) is 0 Å². The Morgan fingerprint density at radius 1 is 1.37 bits per heavy atom. The average Bonchev–Trinajstić information content (AvgIpc) is 2.90. The highest BCUT2D eigenvalue weighted by atomic mass is 35.5. The molecular formula is C15H20ClNO2. The summed E-state index contributed by atoms with van der Waals surface area (Å²) >= 11 is 5.92. The van der Waals surface area contributed by atoms with Gasteiger partial charge in [0.05, 0.1) is 12.0 Å². The van der Waals surface area contributed by atoms with E-state index in [1.165, 1.54) is 0 Å². The maximum Gasteiger partial charge on any atom is 0.230 e. The minimum atomic E-state index is -0.450. The second kappa shape index (κ2) is 5.93. The van der Waals surface area contributed by atoms with Crippen LogP contribution in [0.5, 0.6) is 0 Å². The minimum absolute atomic E-state index is 0.0221. The summed E-state index contributed by atoms with van der Waals surface area (Å²) in [4.78, 5) is 12.6. The van der Waals surface area contributed by atoms with Crippen LogP contribution in [0, 0.1) is 0 Å². The summed E-state index contributed by atoms with van der Waals surface area (Å²) in [5, 5.41) is 12.7. The first-order valence-corrected chi connectivity index (χ1v) is 7.14. The van der Waals surface area contributed by atoms with Crippen LogP contribution in [0.15, 0.2) is 24.3 Å². The smallest absolute Gasteiger partial charge is 0.230 e. The van der Waals surface area contributed by atoms with Gasteiger partial charge in [-0.25, -0.2) is 0 Å². The highest BCUT2D eigenvalue weighted by Gasteiger charge is 2.42. The SMILES string of the molecule is CC(CO)NC(=O)C1(c2ccc(Cl)cc2)CCCC1. The molecule has 1 amide bonds. The number of halogens is 1. The Morgan fingerprint density at radius 3 is 2.47 bits per heavy atom. The van der Waals surface area contributed by atoms with Crippen molar-refractivity contribution < 1.29 is 9.90 Å². The van der Waals surface area contributed by atoms with Gasteiger partial charge >= 0.3 is 0 Å². The van der Waals surface area contributed by atoms with Crippen LogP contribution >= 0.6 is 11.6 Å². The Labute approximate surface area is 119 Å². The molecule has 0 spiro atoms. The van der Waals surface area contributed by atoms with Gasteiger partial charge in [0.2, 0.25) is 5.91 Å². The van der Waals surface area contributed by atoms with Gasteiger partial charge in [-0.05, 0) is 37.5 Å². The lowest BCUT2D eigenvalue weighted by Gasteiger charge is -2.29. The molecule has 19 heavy (non-hydrogen) atoms. The van der Waals surface area contributed by atoms with Crippen molar-refractivity contribution in [3.8, 4) is 0 Å². The predicted octanol–water partition coefficient (Wildman–Crippen LogP) is 2.65. The maximum absolute atomic E-state index is 12.6. The molecule has 0 radical (unpaired) electrons. The Morgan fingerprint density at radius 2 is 1.95 bits per heavy atom. The topological polar surface area (TPSA) is 49.3 Å². The second-order valence-corrected chi connectivity index (χ2v) is 5.79. The zero-order valence-electron chi connectivity index (χ0n) is 11.2. The average molecular weight is 282 g/mol. The molecule has 0 aromatic heterocycles. The van der Waals surface area contributed by atoms with Crippen molar-refractivity contribution >= 4 is 17.5 Å². The maximum atomic E-state index is 12.6. The first-order chi connectivity index (χ1) is 9.08. The third-order valence-electron chi connectivity index (χ3n) is 3.94. The van der Waals surface area contributed by atoms with Gasteiger partial charge < -0.3 is 10.4 Å². The summed E-state index contributed by atoms with van der Waals surface area (Å²) in [5.74, 6) is 0.0221. The van der Waals surface area contributed by atoms with Gasteiger partial charge in [0.15, 0.2) is 0 Å². The molecule has 1 aliphatic rings. The first-order valence-electron chi connectivity index (χ1n) is 6.76. The second-order valence-electron chi connectivity index (χ2n) is 5.35. The molecule has 2 N–H and O–H groups in total. The lowest BCUT2D eigenvalue weighted by Crippen LogP contribution is -2.47. The third kappa shape index (κ3) is 2.93. The zero-order chi connectivity index (χ0) is 13.9. The molecule has 0 heterocycles. The standard InChI is InChI=1S/C15H20ClNO2/c1-11(10-18)17-14(19)15(8-2-3-9-15)12-4-6-13(16)7-5-12/h4-7,11,18H,2-3,8-10H2,1H3,(H,17,19). The van der Waals surface area contributed by atoms with E-state index in [9.17, 15) is 4.79 Å². The van der Waals surface area contributed by atoms with Crippen molar-refractivity contribution in [3.05, 3.63) is 34.9 Å². The monoisotopic (exact) mass is 281 g/mol. The van der Waals surface area contributed by atoms with Crippen LogP contribution in [0.25, 0.3) is 0 Å². The van der Waals surface area contributed by atoms with Crippen LogP contribution in [-0.4, -0.2) is 23.7 Å². The number of nitrogens with one attached hydrogen (secondary N) is 1. The molecule has 3 nitrogen and oxygen atoms in total. The number of hydrogen-bond donors (Lipinski definition) is 2. The summed E-state index contributed by atoms with van der Waals surface area (Å²) in [6.07, 6.45) is 3.84. The van der Waals surface area contributed by atoms with Gasteiger partial charge in [-0.15, -0.1) is 0 Å². The fourth-order valence-corrected chi connectivity index (χ4v) is 2.93. The summed E-state index contributed by atoms with van der Waals surface area (Å²) in [6, 6.07) is 7.34. The van der Waals surface area contributed by atoms with Gasteiger partial charge in [0, 0.05) is 11.1 Å². The molecule has 1 saturated carbocycles. The Balaban J connectivity index is 2.27. The van der Waals surface area contributed by atoms with Crippen LogP contribution in [-0.2, 0) is 10.2 Å². The van der Waals surface area contributed by atoms with E-state index in [0.29, 0.717) is 5.02 Å². The highest BCUT2D eigenvalue weighted by Crippen LogP contribution is 2.41. The lowest BCUT2D eigenvalue weighted by molar-refractivity contribution is -0.127. The fourth-order valence-electron chi connectivity index (χ4n) is 2.80. The van der Waals surface area contributed by atoms with Crippen molar-refractivity contribution in [1.82, 2.24) is 5.32 Å². The van der Waals surface area contributed by atoms with Gasteiger partial charge in [-0.2, -0.15) is 0 Å². The number of amides is 1. The van der Waals surface area contributed by atoms with Crippen molar-refractivity contribution in [2.75, 3.05) is 6.61 Å². The minimum Gasteiger partial charge on any atom is -0.394 e. The zero-order valence-corrected chi connectivity index (χ0v) is 11.9. The van der Waals surface area contributed by atoms with Gasteiger partial charge in [-0.1, -0.05) is 36.6 Å². The number of carbonyl (C=O) groups is 1. The normalized spacial score (nSPS) is 19.1. The summed E-state index contributed by atoms with van der Waals surface area (Å²) in [6.45, 7) is 1.77. The summed E-state index contributed by atoms with van der Waals surface area (Å²) in [7, 11) is 0. The van der Waals surface area contributed by atoms with E-state index < -0.39 is 5.41 Å². The molecule has 1 aliphatic carbocycles. The molecule has 4 heteroatoms. The predicted molar refractivity (Wildman–Crippen MR) is 76.3 cm³/mol. The molecule has 0 aliphatic heterocycles. The van der Waals surface area contributed by atoms with Crippen molar-refractivity contribution in [2.45, 2.75) is 44.1 Å². The molecule has 1 aromatic carbocycles. The van der Waals surface area contributed by atoms with Crippen molar-refractivity contribution in [3.63, 3.8) is 0 Å². The Hall–Kier alpha value is -1.06. The van der Waals surface area contributed by atoms with Crippen LogP contribution in [0.2, 0.25) is 5.02 Å². The van der Waals surface area contributed by atoms with E-state index in [-0.39, 0.29) is 18.6 Å². The molecule has 104 valence electrons. The van der Waals surface area contributed by atoms with Crippen molar-refractivity contribution in [2.24, 2.45) is 0 Å². The molecule has 1 atom stereocenters. The summed E-state index contributed by atoms with van der Waals surface area (Å²) in [5.41, 5.74) is 0.575. The van der Waals surface area contributed by atoms with Crippen LogP contribution < -0.4 is 5.32 Å². The molecule has 0 bridgehead atoms. The highest BCUT2D eigenvalue weighted by molar-refractivity contribution is 6.30. The van der Waals surface area contributed by atoms with E-state index >= 15 is 0 Å². The van der Waals surface area contributed by atoms with E-state index in [4.69, 9.17) is 16.7 Å². The van der Waals surface area contributed by atoms with E-state index in [1.54, 1.807) is 0 Å². The third-order valence-corrected chi connectivity index (χ3v) is 4.19. The summed E-state index contributed by atoms with van der Waals surface area (Å²) < 4.78 is 0. The molecule has 2 rings (SSSR count). The Kier molecular flexibility index (Phi) is 4.48. The lowest BCUT2D eigenvalue weighted by atomic mass is 9.78. The van der Waals surface area contributed by atoms with Gasteiger partial charge in [0.1, 0.15) is 0 Å². The number of aliphatic hydroxyl groups is 1.